The third kappa shape index (κ3) is 4.99. The number of benzene rings is 2. The molecule has 2 N–H and O–H groups in total. The molecule has 7 heteroatoms. The number of aromatic nitrogens is 1. The van der Waals surface area contributed by atoms with Gasteiger partial charge in [-0.25, -0.2) is 0 Å². The van der Waals surface area contributed by atoms with Crippen LogP contribution in [0, 0.1) is 0 Å². The van der Waals surface area contributed by atoms with Gasteiger partial charge < -0.3 is 10.6 Å². The van der Waals surface area contributed by atoms with Crippen molar-refractivity contribution in [1.82, 2.24) is 4.98 Å². The van der Waals surface area contributed by atoms with E-state index < -0.39 is 0 Å². The van der Waals surface area contributed by atoms with Crippen LogP contribution in [0.2, 0.25) is 0 Å². The lowest BCUT2D eigenvalue weighted by Gasteiger charge is -2.11. The summed E-state index contributed by atoms with van der Waals surface area (Å²) in [7, 11) is 0. The lowest BCUT2D eigenvalue weighted by atomic mass is 10.1. The number of hydrogen-bond donors (Lipinski definition) is 2. The van der Waals surface area contributed by atoms with Gasteiger partial charge in [0.05, 0.1) is 10.1 Å². The van der Waals surface area contributed by atoms with E-state index in [9.17, 15) is 9.59 Å². The summed E-state index contributed by atoms with van der Waals surface area (Å²) in [6, 6.07) is 18.2. The van der Waals surface area contributed by atoms with Crippen molar-refractivity contribution in [3.05, 3.63) is 89.7 Å². The standard InChI is InChI=1S/C22H19N3O2S2/c26-20(15-6-8-16(9-7-15)22-28-11-12-29-22)24-18-4-1-5-19(13-18)25-21(27)17-3-2-10-23-14-17/h1-10,13-14,22H,11-12H2,(H,24,26)(H,25,27). The van der Waals surface area contributed by atoms with Crippen molar-refractivity contribution in [2.45, 2.75) is 4.58 Å². The van der Waals surface area contributed by atoms with Crippen molar-refractivity contribution < 1.29 is 9.59 Å². The first-order valence-corrected chi connectivity index (χ1v) is 11.2. The highest BCUT2D eigenvalue weighted by atomic mass is 32.2. The number of amides is 2. The van der Waals surface area contributed by atoms with E-state index in [-0.39, 0.29) is 11.8 Å². The summed E-state index contributed by atoms with van der Waals surface area (Å²) in [5.41, 5.74) is 3.54. The van der Waals surface area contributed by atoms with E-state index in [4.69, 9.17) is 0 Å². The highest BCUT2D eigenvalue weighted by Gasteiger charge is 2.18. The fraction of sp³-hybridized carbons (Fsp3) is 0.136. The zero-order chi connectivity index (χ0) is 20.1. The Morgan fingerprint density at radius 2 is 1.48 bits per heavy atom. The van der Waals surface area contributed by atoms with Gasteiger partial charge >= 0.3 is 0 Å². The molecule has 0 aliphatic carbocycles. The number of nitrogens with one attached hydrogen (secondary N) is 2. The average Bonchev–Trinajstić information content (AvgIpc) is 3.30. The number of carbonyl (C=O) groups is 2. The van der Waals surface area contributed by atoms with Crippen LogP contribution in [0.1, 0.15) is 30.9 Å². The fourth-order valence-electron chi connectivity index (χ4n) is 2.92. The highest BCUT2D eigenvalue weighted by Crippen LogP contribution is 2.45. The Morgan fingerprint density at radius 1 is 0.828 bits per heavy atom. The maximum absolute atomic E-state index is 12.6. The minimum Gasteiger partial charge on any atom is -0.322 e. The van der Waals surface area contributed by atoms with Crippen LogP contribution in [0.25, 0.3) is 0 Å². The lowest BCUT2D eigenvalue weighted by Crippen LogP contribution is -2.14. The summed E-state index contributed by atoms with van der Waals surface area (Å²) in [4.78, 5) is 28.8. The van der Waals surface area contributed by atoms with Crippen LogP contribution in [-0.4, -0.2) is 28.3 Å². The minimum absolute atomic E-state index is 0.181. The molecule has 1 aliphatic rings. The molecular formula is C22H19N3O2S2. The number of hydrogen-bond acceptors (Lipinski definition) is 5. The van der Waals surface area contributed by atoms with Crippen molar-refractivity contribution in [3.63, 3.8) is 0 Å². The number of nitrogens with zero attached hydrogens (tertiary/aromatic N) is 1. The van der Waals surface area contributed by atoms with Gasteiger partial charge in [-0.3, -0.25) is 14.6 Å². The van der Waals surface area contributed by atoms with E-state index in [0.29, 0.717) is 27.1 Å². The third-order valence-corrected chi connectivity index (χ3v) is 7.47. The Labute approximate surface area is 177 Å². The molecule has 1 aromatic heterocycles. The molecule has 0 radical (unpaired) electrons. The first-order valence-electron chi connectivity index (χ1n) is 9.15. The van der Waals surface area contributed by atoms with Crippen LogP contribution < -0.4 is 10.6 Å². The molecule has 2 amide bonds. The lowest BCUT2D eigenvalue weighted by molar-refractivity contribution is 0.101. The average molecular weight is 422 g/mol. The third-order valence-electron chi connectivity index (χ3n) is 4.37. The number of anilines is 2. The van der Waals surface area contributed by atoms with E-state index in [0.717, 1.165) is 0 Å². The summed E-state index contributed by atoms with van der Waals surface area (Å²) in [6.45, 7) is 0. The van der Waals surface area contributed by atoms with Crippen molar-refractivity contribution in [2.75, 3.05) is 22.1 Å². The van der Waals surface area contributed by atoms with E-state index in [1.165, 1.54) is 23.3 Å². The molecule has 0 unspecified atom stereocenters. The van der Waals surface area contributed by atoms with Crippen LogP contribution in [0.3, 0.4) is 0 Å². The first-order chi connectivity index (χ1) is 14.2. The summed E-state index contributed by atoms with van der Waals surface area (Å²) < 4.78 is 0.465. The van der Waals surface area contributed by atoms with Crippen molar-refractivity contribution in [2.24, 2.45) is 0 Å². The molecule has 3 aromatic rings. The van der Waals surface area contributed by atoms with Crippen LogP contribution >= 0.6 is 23.5 Å². The predicted molar refractivity (Wildman–Crippen MR) is 121 cm³/mol. The Morgan fingerprint density at radius 3 is 2.10 bits per heavy atom. The van der Waals surface area contributed by atoms with E-state index in [1.54, 1.807) is 42.6 Å². The van der Waals surface area contributed by atoms with E-state index in [1.807, 2.05) is 47.8 Å². The van der Waals surface area contributed by atoms with Gasteiger partial charge in [0.1, 0.15) is 0 Å². The zero-order valence-electron chi connectivity index (χ0n) is 15.5. The first kappa shape index (κ1) is 19.5. The Hall–Kier alpha value is -2.77. The fourth-order valence-corrected chi connectivity index (χ4v) is 5.78. The molecule has 29 heavy (non-hydrogen) atoms. The van der Waals surface area contributed by atoms with Crippen molar-refractivity contribution in [1.29, 1.82) is 0 Å². The van der Waals surface area contributed by atoms with Crippen LogP contribution in [-0.2, 0) is 0 Å². The zero-order valence-corrected chi connectivity index (χ0v) is 17.1. The van der Waals surface area contributed by atoms with E-state index in [2.05, 4.69) is 15.6 Å². The summed E-state index contributed by atoms with van der Waals surface area (Å²) in [5, 5.41) is 5.70. The van der Waals surface area contributed by atoms with Gasteiger partial charge in [-0.1, -0.05) is 18.2 Å². The molecule has 0 bridgehead atoms. The Kier molecular flexibility index (Phi) is 6.17. The molecule has 146 valence electrons. The normalized spacial score (nSPS) is 13.8. The molecule has 1 fully saturated rings. The molecule has 2 aromatic carbocycles. The van der Waals surface area contributed by atoms with Crippen LogP contribution in [0.15, 0.2) is 73.1 Å². The molecule has 0 atom stereocenters. The molecule has 0 saturated carbocycles. The minimum atomic E-state index is -0.250. The van der Waals surface area contributed by atoms with Gasteiger partial charge in [-0.2, -0.15) is 0 Å². The van der Waals surface area contributed by atoms with Gasteiger partial charge in [0.25, 0.3) is 11.8 Å². The van der Waals surface area contributed by atoms with Crippen molar-refractivity contribution in [3.8, 4) is 0 Å². The highest BCUT2D eigenvalue weighted by molar-refractivity contribution is 8.19. The quantitative estimate of drug-likeness (QED) is 0.602. The van der Waals surface area contributed by atoms with Crippen LogP contribution in [0.4, 0.5) is 11.4 Å². The Bertz CT molecular complexity index is 1000. The van der Waals surface area contributed by atoms with Crippen molar-refractivity contribution >= 4 is 46.7 Å². The topological polar surface area (TPSA) is 71.1 Å². The second kappa shape index (κ2) is 9.15. The van der Waals surface area contributed by atoms with Gasteiger partial charge in [-0.05, 0) is 48.0 Å². The summed E-state index contributed by atoms with van der Waals surface area (Å²) in [6.07, 6.45) is 3.12. The molecule has 0 spiro atoms. The second-order valence-corrected chi connectivity index (χ2v) is 9.15. The number of thioether (sulfide) groups is 2. The molecule has 1 aliphatic heterocycles. The number of pyridine rings is 1. The molecular weight excluding hydrogens is 402 g/mol. The summed E-state index contributed by atoms with van der Waals surface area (Å²) >= 11 is 3.88. The van der Waals surface area contributed by atoms with Gasteiger partial charge in [-0.15, -0.1) is 23.5 Å². The maximum atomic E-state index is 12.6. The van der Waals surface area contributed by atoms with E-state index >= 15 is 0 Å². The van der Waals surface area contributed by atoms with Gasteiger partial charge in [0, 0.05) is 40.8 Å². The second-order valence-electron chi connectivity index (χ2n) is 6.43. The monoisotopic (exact) mass is 421 g/mol. The molecule has 2 heterocycles. The summed E-state index contributed by atoms with van der Waals surface area (Å²) in [5.74, 6) is 1.91. The maximum Gasteiger partial charge on any atom is 0.257 e. The molecule has 1 saturated heterocycles. The predicted octanol–water partition coefficient (Wildman–Crippen LogP) is 5.06. The van der Waals surface area contributed by atoms with Crippen LogP contribution in [0.5, 0.6) is 0 Å². The molecule has 4 rings (SSSR count). The smallest absolute Gasteiger partial charge is 0.257 e. The van der Waals surface area contributed by atoms with Gasteiger partial charge in [0.2, 0.25) is 0 Å². The van der Waals surface area contributed by atoms with Gasteiger partial charge in [0.15, 0.2) is 0 Å². The SMILES string of the molecule is O=C(Nc1cccc(NC(=O)c2cccnc2)c1)c1ccc(C2SCCS2)cc1. The largest absolute Gasteiger partial charge is 0.322 e. The molecule has 5 nitrogen and oxygen atoms in total. The number of carbonyl (C=O) groups excluding carboxylic acids is 2. The Balaban J connectivity index is 1.40. The number of rotatable bonds is 5.